The molecule has 3 aromatic carbocycles. The average Bonchev–Trinajstić information content (AvgIpc) is 3.49. The molecule has 1 aliphatic heterocycles. The minimum atomic E-state index is -1.03. The summed E-state index contributed by atoms with van der Waals surface area (Å²) in [6.07, 6.45) is 0. The Balaban J connectivity index is 1.77. The number of hydrogen-bond acceptors (Lipinski definition) is 9. The number of aryl methyl sites for hydroxylation is 1. The molecule has 39 heavy (non-hydrogen) atoms. The van der Waals surface area contributed by atoms with Crippen molar-refractivity contribution >= 4 is 44.1 Å². The van der Waals surface area contributed by atoms with Gasteiger partial charge in [-0.3, -0.25) is 14.5 Å². The number of nitrogens with zero attached hydrogens (tertiary/aromatic N) is 2. The van der Waals surface area contributed by atoms with Crippen molar-refractivity contribution in [3.05, 3.63) is 76.9 Å². The minimum Gasteiger partial charge on any atom is -0.507 e. The van der Waals surface area contributed by atoms with E-state index in [1.165, 1.54) is 37.6 Å². The maximum Gasteiger partial charge on any atom is 0.301 e. The van der Waals surface area contributed by atoms with E-state index >= 15 is 0 Å². The van der Waals surface area contributed by atoms with Gasteiger partial charge in [0.25, 0.3) is 5.78 Å². The van der Waals surface area contributed by atoms with Crippen LogP contribution in [0.5, 0.6) is 23.0 Å². The molecule has 200 valence electrons. The Morgan fingerprint density at radius 1 is 0.897 bits per heavy atom. The highest BCUT2D eigenvalue weighted by Crippen LogP contribution is 2.48. The van der Waals surface area contributed by atoms with Crippen LogP contribution in [-0.2, 0) is 9.59 Å². The molecule has 0 spiro atoms. The Hall–Kier alpha value is -4.57. The van der Waals surface area contributed by atoms with Gasteiger partial charge in [0.05, 0.1) is 50.3 Å². The largest absolute Gasteiger partial charge is 0.507 e. The molecule has 2 heterocycles. The normalized spacial score (nSPS) is 16.5. The van der Waals surface area contributed by atoms with Gasteiger partial charge >= 0.3 is 5.91 Å². The van der Waals surface area contributed by atoms with Crippen molar-refractivity contribution in [2.75, 3.05) is 33.3 Å². The maximum atomic E-state index is 13.6. The first-order chi connectivity index (χ1) is 18.8. The summed E-state index contributed by atoms with van der Waals surface area (Å²) in [6.45, 7) is 1.92. The van der Waals surface area contributed by atoms with Crippen LogP contribution in [0.2, 0.25) is 0 Å². The predicted molar refractivity (Wildman–Crippen MR) is 148 cm³/mol. The van der Waals surface area contributed by atoms with E-state index in [2.05, 4.69) is 4.98 Å². The van der Waals surface area contributed by atoms with E-state index in [1.807, 2.05) is 25.1 Å². The van der Waals surface area contributed by atoms with Gasteiger partial charge in [0, 0.05) is 5.56 Å². The van der Waals surface area contributed by atoms with E-state index in [0.717, 1.165) is 10.3 Å². The Labute approximate surface area is 228 Å². The predicted octanol–water partition coefficient (Wildman–Crippen LogP) is 5.27. The fourth-order valence-electron chi connectivity index (χ4n) is 4.59. The summed E-state index contributed by atoms with van der Waals surface area (Å²) in [5, 5.41) is 11.7. The van der Waals surface area contributed by atoms with Crippen molar-refractivity contribution in [2.45, 2.75) is 13.0 Å². The Morgan fingerprint density at radius 2 is 1.56 bits per heavy atom. The summed E-state index contributed by atoms with van der Waals surface area (Å²) in [5.41, 5.74) is 2.42. The first-order valence-corrected chi connectivity index (χ1v) is 12.8. The SMILES string of the molecule is COc1ccc2nc(N3C(=O)C(=O)C(=C(O)c4ccc(C)cc4)[C@H]3c3cc(OC)c(OC)c(OC)c3)sc2c1. The van der Waals surface area contributed by atoms with Gasteiger partial charge in [0.1, 0.15) is 11.5 Å². The number of hydrogen-bond donors (Lipinski definition) is 1. The van der Waals surface area contributed by atoms with Crippen molar-refractivity contribution in [3.63, 3.8) is 0 Å². The molecule has 9 nitrogen and oxygen atoms in total. The number of methoxy groups -OCH3 is 4. The standard InChI is InChI=1S/C29H26N2O7S/c1-15-6-8-16(9-7-15)25(32)23-24(17-12-20(36-3)27(38-5)21(13-17)37-4)31(28(34)26(23)33)29-30-19-11-10-18(35-2)14-22(19)39-29/h6-14,24,32H,1-5H3/t24-/m1/s1. The number of anilines is 1. The second-order valence-electron chi connectivity index (χ2n) is 8.82. The summed E-state index contributed by atoms with van der Waals surface area (Å²) in [7, 11) is 6.01. The highest BCUT2D eigenvalue weighted by molar-refractivity contribution is 7.22. The smallest absolute Gasteiger partial charge is 0.301 e. The van der Waals surface area contributed by atoms with E-state index in [-0.39, 0.29) is 11.3 Å². The molecule has 0 aliphatic carbocycles. The number of thiazole rings is 1. The summed E-state index contributed by atoms with van der Waals surface area (Å²) in [4.78, 5) is 33.1. The van der Waals surface area contributed by atoms with Gasteiger partial charge in [-0.2, -0.15) is 0 Å². The molecule has 1 aliphatic rings. The number of fused-ring (bicyclic) bond motifs is 1. The molecule has 1 fully saturated rings. The van der Waals surface area contributed by atoms with Gasteiger partial charge in [-0.1, -0.05) is 41.2 Å². The lowest BCUT2D eigenvalue weighted by Gasteiger charge is -2.24. The van der Waals surface area contributed by atoms with E-state index < -0.39 is 17.7 Å². The zero-order valence-corrected chi connectivity index (χ0v) is 22.8. The lowest BCUT2D eigenvalue weighted by atomic mass is 9.94. The number of carbonyl (C=O) groups excluding carboxylic acids is 2. The van der Waals surface area contributed by atoms with Gasteiger partial charge in [-0.05, 0) is 42.8 Å². The molecule has 1 aromatic heterocycles. The van der Waals surface area contributed by atoms with E-state index in [9.17, 15) is 14.7 Å². The fourth-order valence-corrected chi connectivity index (χ4v) is 5.61. The maximum absolute atomic E-state index is 13.6. The molecular weight excluding hydrogens is 520 g/mol. The lowest BCUT2D eigenvalue weighted by molar-refractivity contribution is -0.132. The first-order valence-electron chi connectivity index (χ1n) is 11.9. The van der Waals surface area contributed by atoms with Gasteiger partial charge in [0.2, 0.25) is 5.75 Å². The molecule has 1 atom stereocenters. The molecule has 0 saturated carbocycles. The molecule has 5 rings (SSSR count). The molecule has 0 bridgehead atoms. The topological polar surface area (TPSA) is 107 Å². The van der Waals surface area contributed by atoms with Crippen LogP contribution >= 0.6 is 11.3 Å². The van der Waals surface area contributed by atoms with Crippen molar-refractivity contribution in [2.24, 2.45) is 0 Å². The van der Waals surface area contributed by atoms with Gasteiger partial charge < -0.3 is 24.1 Å². The molecule has 10 heteroatoms. The van der Waals surface area contributed by atoms with Gasteiger partial charge in [-0.15, -0.1) is 0 Å². The summed E-state index contributed by atoms with van der Waals surface area (Å²) < 4.78 is 22.6. The monoisotopic (exact) mass is 546 g/mol. The minimum absolute atomic E-state index is 0.0741. The number of rotatable bonds is 7. The molecular formula is C29H26N2O7S. The quantitative estimate of drug-likeness (QED) is 0.190. The number of aliphatic hydroxyl groups is 1. The van der Waals surface area contributed by atoms with Gasteiger partial charge in [0.15, 0.2) is 16.6 Å². The summed E-state index contributed by atoms with van der Waals surface area (Å²) >= 11 is 1.24. The Kier molecular flexibility index (Phi) is 6.88. The van der Waals surface area contributed by atoms with Crippen molar-refractivity contribution in [1.82, 2.24) is 4.98 Å². The number of aromatic nitrogens is 1. The molecule has 1 amide bonds. The number of ether oxygens (including phenoxy) is 4. The number of carbonyl (C=O) groups is 2. The van der Waals surface area contributed by atoms with Crippen LogP contribution in [0.1, 0.15) is 22.7 Å². The van der Waals surface area contributed by atoms with E-state index in [1.54, 1.807) is 43.5 Å². The van der Waals surface area contributed by atoms with Crippen molar-refractivity contribution in [1.29, 1.82) is 0 Å². The summed E-state index contributed by atoms with van der Waals surface area (Å²) in [5.74, 6) is -0.273. The Bertz CT molecular complexity index is 1600. The number of benzene rings is 3. The molecule has 1 saturated heterocycles. The van der Waals surface area contributed by atoms with Crippen LogP contribution in [0.25, 0.3) is 16.0 Å². The van der Waals surface area contributed by atoms with Gasteiger partial charge in [-0.25, -0.2) is 4.98 Å². The highest BCUT2D eigenvalue weighted by atomic mass is 32.1. The third kappa shape index (κ3) is 4.42. The molecule has 0 unspecified atom stereocenters. The van der Waals surface area contributed by atoms with Crippen LogP contribution in [0.3, 0.4) is 0 Å². The van der Waals surface area contributed by atoms with Crippen LogP contribution in [0.15, 0.2) is 60.2 Å². The third-order valence-electron chi connectivity index (χ3n) is 6.56. The van der Waals surface area contributed by atoms with Crippen LogP contribution < -0.4 is 23.8 Å². The molecule has 1 N–H and O–H groups in total. The van der Waals surface area contributed by atoms with Crippen LogP contribution in [0, 0.1) is 6.92 Å². The number of ketones is 1. The summed E-state index contributed by atoms with van der Waals surface area (Å²) in [6, 6.07) is 14.7. The van der Waals surface area contributed by atoms with Crippen molar-refractivity contribution in [3.8, 4) is 23.0 Å². The zero-order chi connectivity index (χ0) is 27.8. The van der Waals surface area contributed by atoms with Crippen molar-refractivity contribution < 1.29 is 33.6 Å². The van der Waals surface area contributed by atoms with Crippen LogP contribution in [-0.4, -0.2) is 50.2 Å². The second-order valence-corrected chi connectivity index (χ2v) is 9.83. The van der Waals surface area contributed by atoms with E-state index in [0.29, 0.717) is 44.8 Å². The number of aliphatic hydroxyl groups excluding tert-OH is 1. The van der Waals surface area contributed by atoms with Crippen LogP contribution in [0.4, 0.5) is 5.13 Å². The number of Topliss-reactive ketones (excluding diaryl/α,β-unsaturated/α-hetero) is 1. The molecule has 4 aromatic rings. The third-order valence-corrected chi connectivity index (χ3v) is 7.58. The average molecular weight is 547 g/mol. The fraction of sp³-hybridized carbons (Fsp3) is 0.207. The zero-order valence-electron chi connectivity index (χ0n) is 22.0. The van der Waals surface area contributed by atoms with E-state index in [4.69, 9.17) is 18.9 Å². The Morgan fingerprint density at radius 3 is 2.15 bits per heavy atom. The second kappa shape index (κ2) is 10.3. The first kappa shape index (κ1) is 26.1. The number of amides is 1. The highest BCUT2D eigenvalue weighted by Gasteiger charge is 2.48. The lowest BCUT2D eigenvalue weighted by Crippen LogP contribution is -2.29. The molecule has 0 radical (unpaired) electrons.